The van der Waals surface area contributed by atoms with Gasteiger partial charge in [-0.2, -0.15) is 0 Å². The van der Waals surface area contributed by atoms with Crippen LogP contribution >= 0.6 is 12.2 Å². The molecule has 0 amide bonds. The van der Waals surface area contributed by atoms with Crippen molar-refractivity contribution < 1.29 is 4.74 Å². The van der Waals surface area contributed by atoms with Crippen LogP contribution in [0.15, 0.2) is 42.6 Å². The summed E-state index contributed by atoms with van der Waals surface area (Å²) in [6, 6.07) is 12.6. The Hall–Kier alpha value is -2.18. The lowest BCUT2D eigenvalue weighted by molar-refractivity contribution is 0.196. The number of methoxy groups -OCH3 is 1. The quantitative estimate of drug-likeness (QED) is 0.622. The molecule has 0 aliphatic carbocycles. The van der Waals surface area contributed by atoms with Crippen molar-refractivity contribution in [3.63, 3.8) is 0 Å². The fourth-order valence-corrected chi connectivity index (χ4v) is 2.96. The lowest BCUT2D eigenvalue weighted by atomic mass is 10.1. The second-order valence-electron chi connectivity index (χ2n) is 5.76. The Morgan fingerprint density at radius 2 is 1.96 bits per heavy atom. The maximum absolute atomic E-state index is 5.27. The number of ether oxygens (including phenoxy) is 1. The number of aromatic nitrogens is 1. The predicted molar refractivity (Wildman–Crippen MR) is 101 cm³/mol. The fraction of sp³-hybridized carbons (Fsp3) is 0.333. The summed E-state index contributed by atoms with van der Waals surface area (Å²) < 4.78 is 5.01. The Morgan fingerprint density at radius 3 is 2.58 bits per heavy atom. The van der Waals surface area contributed by atoms with Crippen LogP contribution in [-0.2, 0) is 17.8 Å². The molecular weight excluding hydrogens is 320 g/mol. The molecule has 6 heteroatoms. The minimum Gasteiger partial charge on any atom is -0.385 e. The van der Waals surface area contributed by atoms with Crippen molar-refractivity contribution >= 4 is 28.8 Å². The second-order valence-corrected chi connectivity index (χ2v) is 6.17. The summed E-state index contributed by atoms with van der Waals surface area (Å²) in [6.07, 6.45) is 2.74. The Morgan fingerprint density at radius 1 is 1.21 bits per heavy atom. The van der Waals surface area contributed by atoms with Crippen molar-refractivity contribution in [2.45, 2.75) is 19.5 Å². The van der Waals surface area contributed by atoms with Gasteiger partial charge in [-0.1, -0.05) is 24.3 Å². The number of thiocarbonyl (C=S) groups is 1. The first-order chi connectivity index (χ1) is 11.8. The Balaban J connectivity index is 1.52. The molecule has 1 aliphatic heterocycles. The standard InChI is InChI=1S/C18H22N4OS/c1-23-10-4-9-19-18(24)21-16-7-8-17(20-11-16)22-12-14-5-2-3-6-15(14)13-22/h2-3,5-8,11H,4,9-10,12-13H2,1H3,(H2,19,21,24). The molecule has 5 nitrogen and oxygen atoms in total. The molecule has 0 atom stereocenters. The third kappa shape index (κ3) is 4.21. The molecule has 2 aromatic rings. The topological polar surface area (TPSA) is 49.4 Å². The molecule has 2 heterocycles. The van der Waals surface area contributed by atoms with Crippen LogP contribution in [0.2, 0.25) is 0 Å². The van der Waals surface area contributed by atoms with Crippen molar-refractivity contribution in [3.8, 4) is 0 Å². The highest BCUT2D eigenvalue weighted by Gasteiger charge is 2.19. The molecule has 0 fully saturated rings. The third-order valence-corrected chi connectivity index (χ3v) is 4.23. The van der Waals surface area contributed by atoms with E-state index in [1.165, 1.54) is 11.1 Å². The average molecular weight is 342 g/mol. The van der Waals surface area contributed by atoms with E-state index < -0.39 is 0 Å². The van der Waals surface area contributed by atoms with Gasteiger partial charge in [-0.15, -0.1) is 0 Å². The molecule has 0 bridgehead atoms. The number of hydrogen-bond donors (Lipinski definition) is 2. The largest absolute Gasteiger partial charge is 0.385 e. The number of fused-ring (bicyclic) bond motifs is 1. The van der Waals surface area contributed by atoms with Gasteiger partial charge < -0.3 is 20.3 Å². The molecule has 1 aromatic heterocycles. The molecule has 0 saturated heterocycles. The van der Waals surface area contributed by atoms with Gasteiger partial charge in [-0.25, -0.2) is 4.98 Å². The third-order valence-electron chi connectivity index (χ3n) is 3.98. The van der Waals surface area contributed by atoms with Crippen molar-refractivity contribution in [3.05, 3.63) is 53.7 Å². The van der Waals surface area contributed by atoms with Crippen LogP contribution in [0.5, 0.6) is 0 Å². The monoisotopic (exact) mass is 342 g/mol. The molecule has 0 unspecified atom stereocenters. The van der Waals surface area contributed by atoms with E-state index >= 15 is 0 Å². The van der Waals surface area contributed by atoms with Crippen LogP contribution < -0.4 is 15.5 Å². The summed E-state index contributed by atoms with van der Waals surface area (Å²) in [5.74, 6) is 0.982. The highest BCUT2D eigenvalue weighted by atomic mass is 32.1. The maximum atomic E-state index is 5.27. The molecule has 24 heavy (non-hydrogen) atoms. The van der Waals surface area contributed by atoms with Crippen LogP contribution in [0.1, 0.15) is 17.5 Å². The summed E-state index contributed by atoms with van der Waals surface area (Å²) in [4.78, 5) is 6.84. The Labute approximate surface area is 148 Å². The lowest BCUT2D eigenvalue weighted by Gasteiger charge is -2.17. The Kier molecular flexibility index (Phi) is 5.61. The Bertz CT molecular complexity index is 665. The van der Waals surface area contributed by atoms with Crippen LogP contribution in [0.25, 0.3) is 0 Å². The first kappa shape index (κ1) is 16.7. The van der Waals surface area contributed by atoms with E-state index in [1.807, 2.05) is 18.3 Å². The minimum absolute atomic E-state index is 0.606. The van der Waals surface area contributed by atoms with Gasteiger partial charge in [-0.3, -0.25) is 0 Å². The molecule has 1 aliphatic rings. The van der Waals surface area contributed by atoms with Gasteiger partial charge in [0.25, 0.3) is 0 Å². The van der Waals surface area contributed by atoms with Crippen LogP contribution in [-0.4, -0.2) is 30.4 Å². The van der Waals surface area contributed by atoms with E-state index in [1.54, 1.807) is 7.11 Å². The number of pyridine rings is 1. The van der Waals surface area contributed by atoms with Gasteiger partial charge in [0, 0.05) is 33.4 Å². The zero-order valence-electron chi connectivity index (χ0n) is 13.8. The minimum atomic E-state index is 0.606. The van der Waals surface area contributed by atoms with E-state index in [9.17, 15) is 0 Å². The number of rotatable bonds is 6. The van der Waals surface area contributed by atoms with Crippen molar-refractivity contribution in [2.75, 3.05) is 30.5 Å². The molecule has 3 rings (SSSR count). The van der Waals surface area contributed by atoms with Gasteiger partial charge in [0.15, 0.2) is 5.11 Å². The fourth-order valence-electron chi connectivity index (χ4n) is 2.74. The summed E-state index contributed by atoms with van der Waals surface area (Å²) in [5.41, 5.74) is 3.64. The molecule has 1 aromatic carbocycles. The summed E-state index contributed by atoms with van der Waals surface area (Å²) in [5, 5.41) is 6.91. The summed E-state index contributed by atoms with van der Waals surface area (Å²) >= 11 is 5.27. The number of nitrogens with zero attached hydrogens (tertiary/aromatic N) is 2. The lowest BCUT2D eigenvalue weighted by Crippen LogP contribution is -2.29. The van der Waals surface area contributed by atoms with Gasteiger partial charge in [0.2, 0.25) is 0 Å². The summed E-state index contributed by atoms with van der Waals surface area (Å²) in [6.45, 7) is 3.34. The molecule has 0 saturated carbocycles. The van der Waals surface area contributed by atoms with Crippen LogP contribution in [0.4, 0.5) is 11.5 Å². The van der Waals surface area contributed by atoms with Gasteiger partial charge in [0.05, 0.1) is 11.9 Å². The van der Waals surface area contributed by atoms with Crippen molar-refractivity contribution in [1.29, 1.82) is 0 Å². The number of hydrogen-bond acceptors (Lipinski definition) is 4. The van der Waals surface area contributed by atoms with E-state index in [-0.39, 0.29) is 0 Å². The van der Waals surface area contributed by atoms with Crippen molar-refractivity contribution in [2.24, 2.45) is 0 Å². The van der Waals surface area contributed by atoms with Gasteiger partial charge in [0.1, 0.15) is 5.82 Å². The van der Waals surface area contributed by atoms with Gasteiger partial charge in [-0.05, 0) is 41.9 Å². The first-order valence-corrected chi connectivity index (χ1v) is 8.48. The zero-order valence-corrected chi connectivity index (χ0v) is 14.6. The van der Waals surface area contributed by atoms with Crippen molar-refractivity contribution in [1.82, 2.24) is 10.3 Å². The van der Waals surface area contributed by atoms with E-state index in [0.29, 0.717) is 5.11 Å². The maximum Gasteiger partial charge on any atom is 0.170 e. The normalized spacial score (nSPS) is 12.8. The molecule has 126 valence electrons. The molecule has 2 N–H and O–H groups in total. The SMILES string of the molecule is COCCCNC(=S)Nc1ccc(N2Cc3ccccc3C2)nc1. The summed E-state index contributed by atoms with van der Waals surface area (Å²) in [7, 11) is 1.70. The predicted octanol–water partition coefficient (Wildman–Crippen LogP) is 2.92. The number of anilines is 2. The zero-order chi connectivity index (χ0) is 16.8. The molecular formula is C18H22N4OS. The van der Waals surface area contributed by atoms with Crippen LogP contribution in [0.3, 0.4) is 0 Å². The van der Waals surface area contributed by atoms with Gasteiger partial charge >= 0.3 is 0 Å². The van der Waals surface area contributed by atoms with E-state index in [2.05, 4.69) is 44.8 Å². The number of nitrogens with one attached hydrogen (secondary N) is 2. The number of benzene rings is 1. The smallest absolute Gasteiger partial charge is 0.170 e. The highest BCUT2D eigenvalue weighted by Crippen LogP contribution is 2.27. The molecule has 0 radical (unpaired) electrons. The van der Waals surface area contributed by atoms with Crippen LogP contribution in [0, 0.1) is 0 Å². The second kappa shape index (κ2) is 8.08. The van der Waals surface area contributed by atoms with E-state index in [4.69, 9.17) is 17.0 Å². The molecule has 0 spiro atoms. The average Bonchev–Trinajstić information content (AvgIpc) is 3.03. The van der Waals surface area contributed by atoms with E-state index in [0.717, 1.165) is 44.2 Å². The first-order valence-electron chi connectivity index (χ1n) is 8.08. The highest BCUT2D eigenvalue weighted by molar-refractivity contribution is 7.80.